The molecule has 0 spiro atoms. The largest absolute Gasteiger partial charge is 0.373 e. The van der Waals surface area contributed by atoms with Crippen LogP contribution in [0.15, 0.2) is 24.4 Å². The highest BCUT2D eigenvalue weighted by atomic mass is 16.2. The number of anilines is 1. The van der Waals surface area contributed by atoms with Gasteiger partial charge in [0.15, 0.2) is 0 Å². The molecule has 1 heterocycles. The molecule has 5 nitrogen and oxygen atoms in total. The summed E-state index contributed by atoms with van der Waals surface area (Å²) < 4.78 is 0. The fourth-order valence-corrected chi connectivity index (χ4v) is 0.875. The highest BCUT2D eigenvalue weighted by Gasteiger charge is 1.91. The van der Waals surface area contributed by atoms with Gasteiger partial charge in [-0.1, -0.05) is 6.07 Å². The Bertz CT molecular complexity index is 282. The van der Waals surface area contributed by atoms with E-state index in [0.717, 1.165) is 18.9 Å². The molecule has 0 radical (unpaired) electrons. The molecule has 0 saturated heterocycles. The van der Waals surface area contributed by atoms with E-state index in [-0.39, 0.29) is 6.15 Å². The average molecular weight is 209 g/mol. The first kappa shape index (κ1) is 13.3. The van der Waals surface area contributed by atoms with Gasteiger partial charge in [-0.15, -0.1) is 0 Å². The number of hydrogen-bond donors (Lipinski definition) is 1. The number of likely N-dealkylation sites (N-methyl/N-ethyl adjacent to an activating group) is 1. The highest BCUT2D eigenvalue weighted by Crippen LogP contribution is 1.97. The Morgan fingerprint density at radius 1 is 1.40 bits per heavy atom. The minimum absolute atomic E-state index is 0.250. The number of aromatic nitrogens is 1. The Hall–Kier alpha value is -1.71. The van der Waals surface area contributed by atoms with Crippen LogP contribution in [0.2, 0.25) is 0 Å². The second-order valence-electron chi connectivity index (χ2n) is 3.03. The summed E-state index contributed by atoms with van der Waals surface area (Å²) in [5.74, 6) is 0.944. The van der Waals surface area contributed by atoms with E-state index >= 15 is 0 Å². The van der Waals surface area contributed by atoms with Crippen LogP contribution in [0.25, 0.3) is 0 Å². The molecule has 82 valence electrons. The van der Waals surface area contributed by atoms with Crippen LogP contribution in [0, 0.1) is 0 Å². The molecule has 0 unspecified atom stereocenters. The summed E-state index contributed by atoms with van der Waals surface area (Å²) in [5, 5.41) is 3.22. The van der Waals surface area contributed by atoms with Crippen molar-refractivity contribution in [1.82, 2.24) is 9.88 Å². The van der Waals surface area contributed by atoms with E-state index in [1.54, 1.807) is 6.20 Å². The van der Waals surface area contributed by atoms with E-state index in [2.05, 4.69) is 29.3 Å². The maximum atomic E-state index is 8.12. The normalized spacial score (nSPS) is 8.73. The Kier molecular flexibility index (Phi) is 7.86. The van der Waals surface area contributed by atoms with Gasteiger partial charge in [-0.2, -0.15) is 9.59 Å². The second-order valence-corrected chi connectivity index (χ2v) is 3.03. The van der Waals surface area contributed by atoms with E-state index < -0.39 is 0 Å². The topological polar surface area (TPSA) is 62.3 Å². The number of rotatable bonds is 4. The van der Waals surface area contributed by atoms with Crippen LogP contribution in [-0.2, 0) is 9.59 Å². The zero-order valence-electron chi connectivity index (χ0n) is 8.93. The molecule has 0 aliphatic rings. The van der Waals surface area contributed by atoms with Crippen molar-refractivity contribution in [2.45, 2.75) is 0 Å². The molecule has 1 N–H and O–H groups in total. The monoisotopic (exact) mass is 209 g/mol. The summed E-state index contributed by atoms with van der Waals surface area (Å²) in [6.07, 6.45) is 2.04. The molecule has 0 aliphatic carbocycles. The molecule has 1 aromatic heterocycles. The van der Waals surface area contributed by atoms with E-state index in [4.69, 9.17) is 9.59 Å². The second kappa shape index (κ2) is 8.87. The minimum atomic E-state index is 0.250. The molecule has 0 saturated carbocycles. The van der Waals surface area contributed by atoms with Crippen molar-refractivity contribution < 1.29 is 9.59 Å². The Morgan fingerprint density at radius 2 is 2.07 bits per heavy atom. The molecular weight excluding hydrogens is 194 g/mol. The number of nitrogens with one attached hydrogen (secondary N) is 1. The summed E-state index contributed by atoms with van der Waals surface area (Å²) >= 11 is 0. The third kappa shape index (κ3) is 8.62. The molecule has 0 bridgehead atoms. The fourth-order valence-electron chi connectivity index (χ4n) is 0.875. The quantitative estimate of drug-likeness (QED) is 0.781. The lowest BCUT2D eigenvalue weighted by Crippen LogP contribution is -2.20. The molecule has 0 atom stereocenters. The fraction of sp³-hybridized carbons (Fsp3) is 0.400. The first-order valence-corrected chi connectivity index (χ1v) is 4.49. The number of pyridine rings is 1. The van der Waals surface area contributed by atoms with Crippen LogP contribution < -0.4 is 5.32 Å². The number of hydrogen-bond acceptors (Lipinski definition) is 5. The third-order valence-corrected chi connectivity index (χ3v) is 1.53. The molecular formula is C10H15N3O2. The van der Waals surface area contributed by atoms with Crippen LogP contribution in [-0.4, -0.2) is 43.2 Å². The van der Waals surface area contributed by atoms with Crippen LogP contribution in [0.1, 0.15) is 0 Å². The zero-order valence-corrected chi connectivity index (χ0v) is 8.93. The summed E-state index contributed by atoms with van der Waals surface area (Å²) in [6.45, 7) is 1.96. The lowest BCUT2D eigenvalue weighted by atomic mass is 10.4. The standard InChI is InChI=1S/C9H15N3.CO2/c1-12(2)8-7-11-9-5-3-4-6-10-9;2-1-3/h3-6H,7-8H2,1-2H3,(H,10,11);. The van der Waals surface area contributed by atoms with Crippen LogP contribution in [0.3, 0.4) is 0 Å². The van der Waals surface area contributed by atoms with Gasteiger partial charge in [0.2, 0.25) is 0 Å². The van der Waals surface area contributed by atoms with Crippen molar-refractivity contribution in [3.63, 3.8) is 0 Å². The lowest BCUT2D eigenvalue weighted by Gasteiger charge is -2.10. The van der Waals surface area contributed by atoms with Crippen molar-refractivity contribution in [2.24, 2.45) is 0 Å². The van der Waals surface area contributed by atoms with Crippen LogP contribution in [0.5, 0.6) is 0 Å². The maximum Gasteiger partial charge on any atom is 0.373 e. The van der Waals surface area contributed by atoms with Crippen molar-refractivity contribution >= 4 is 12.0 Å². The molecule has 1 aromatic rings. The van der Waals surface area contributed by atoms with E-state index in [9.17, 15) is 0 Å². The van der Waals surface area contributed by atoms with Gasteiger partial charge in [-0.3, -0.25) is 0 Å². The first-order chi connectivity index (χ1) is 7.20. The van der Waals surface area contributed by atoms with Gasteiger partial charge in [0, 0.05) is 19.3 Å². The van der Waals surface area contributed by atoms with Crippen molar-refractivity contribution in [3.8, 4) is 0 Å². The summed E-state index contributed by atoms with van der Waals surface area (Å²) in [5.41, 5.74) is 0. The van der Waals surface area contributed by atoms with Gasteiger partial charge in [0.1, 0.15) is 5.82 Å². The SMILES string of the molecule is CN(C)CCNc1ccccn1.O=C=O. The van der Waals surface area contributed by atoms with Crippen LogP contribution >= 0.6 is 0 Å². The predicted octanol–water partition coefficient (Wildman–Crippen LogP) is 0.472. The molecule has 0 fully saturated rings. The zero-order chi connectivity index (χ0) is 11.5. The van der Waals surface area contributed by atoms with Gasteiger partial charge < -0.3 is 10.2 Å². The van der Waals surface area contributed by atoms with Crippen molar-refractivity contribution in [1.29, 1.82) is 0 Å². The van der Waals surface area contributed by atoms with Gasteiger partial charge in [0.25, 0.3) is 0 Å². The van der Waals surface area contributed by atoms with Gasteiger partial charge in [-0.25, -0.2) is 4.98 Å². The molecule has 1 rings (SSSR count). The molecule has 5 heteroatoms. The van der Waals surface area contributed by atoms with E-state index in [1.165, 1.54) is 0 Å². The Morgan fingerprint density at radius 3 is 2.53 bits per heavy atom. The summed E-state index contributed by atoms with van der Waals surface area (Å²) in [7, 11) is 4.11. The summed E-state index contributed by atoms with van der Waals surface area (Å²) in [6, 6.07) is 5.86. The van der Waals surface area contributed by atoms with Crippen molar-refractivity contribution in [2.75, 3.05) is 32.5 Å². The average Bonchev–Trinajstić information content (AvgIpc) is 2.20. The van der Waals surface area contributed by atoms with E-state index in [1.807, 2.05) is 18.2 Å². The van der Waals surface area contributed by atoms with Gasteiger partial charge in [-0.05, 0) is 26.2 Å². The smallest absolute Gasteiger partial charge is 0.369 e. The van der Waals surface area contributed by atoms with Crippen LogP contribution in [0.4, 0.5) is 5.82 Å². The lowest BCUT2D eigenvalue weighted by molar-refractivity contribution is -0.191. The van der Waals surface area contributed by atoms with Gasteiger partial charge in [0.05, 0.1) is 0 Å². The third-order valence-electron chi connectivity index (χ3n) is 1.53. The number of carbonyl (C=O) groups excluding carboxylic acids is 2. The molecule has 0 amide bonds. The Labute approximate surface area is 89.1 Å². The molecule has 0 aromatic carbocycles. The number of nitrogens with zero attached hydrogens (tertiary/aromatic N) is 2. The maximum absolute atomic E-state index is 8.12. The highest BCUT2D eigenvalue weighted by molar-refractivity contribution is 5.32. The van der Waals surface area contributed by atoms with E-state index in [0.29, 0.717) is 0 Å². The Balaban J connectivity index is 0.000000583. The predicted molar refractivity (Wildman–Crippen MR) is 56.3 cm³/mol. The van der Waals surface area contributed by atoms with Crippen molar-refractivity contribution in [3.05, 3.63) is 24.4 Å². The molecule has 0 aliphatic heterocycles. The first-order valence-electron chi connectivity index (χ1n) is 4.49. The van der Waals surface area contributed by atoms with Gasteiger partial charge >= 0.3 is 6.15 Å². The molecule has 15 heavy (non-hydrogen) atoms. The minimum Gasteiger partial charge on any atom is -0.369 e. The summed E-state index contributed by atoms with van der Waals surface area (Å²) in [4.78, 5) is 22.5.